The van der Waals surface area contributed by atoms with Crippen molar-refractivity contribution in [2.24, 2.45) is 16.0 Å². The highest BCUT2D eigenvalue weighted by Crippen LogP contribution is 2.31. The van der Waals surface area contributed by atoms with Crippen LogP contribution < -0.4 is 5.73 Å². The smallest absolute Gasteiger partial charge is 0.337 e. The van der Waals surface area contributed by atoms with Gasteiger partial charge in [0.2, 0.25) is 16.5 Å². The number of amides is 1. The van der Waals surface area contributed by atoms with Gasteiger partial charge in [0.05, 0.1) is 0 Å². The predicted octanol–water partition coefficient (Wildman–Crippen LogP) is 1.05. The molecule has 0 atom stereocenters. The minimum atomic E-state index is -0.878. The molecule has 0 aliphatic carbocycles. The van der Waals surface area contributed by atoms with Crippen LogP contribution in [0.25, 0.3) is 0 Å². The normalized spacial score (nSPS) is 11.1. The van der Waals surface area contributed by atoms with Gasteiger partial charge in [-0.25, -0.2) is 4.98 Å². The molecule has 1 amide bonds. The highest BCUT2D eigenvalue weighted by Gasteiger charge is 2.19. The van der Waals surface area contributed by atoms with Crippen LogP contribution in [-0.4, -0.2) is 25.5 Å². The maximum absolute atomic E-state index is 10.9. The van der Waals surface area contributed by atoms with E-state index in [-0.39, 0.29) is 16.5 Å². The van der Waals surface area contributed by atoms with Crippen molar-refractivity contribution in [3.63, 3.8) is 0 Å². The molecule has 0 fully saturated rings. The van der Waals surface area contributed by atoms with Crippen molar-refractivity contribution < 1.29 is 14.4 Å². The van der Waals surface area contributed by atoms with E-state index in [1.165, 1.54) is 0 Å². The maximum Gasteiger partial charge on any atom is 0.337 e. The SMILES string of the molecule is Cc1nsc(N=Nc2c(C(N)=O)noc2O)n1. The Hall–Kier alpha value is -2.36. The number of aromatic hydroxyl groups is 1. The van der Waals surface area contributed by atoms with E-state index in [1.54, 1.807) is 6.92 Å². The number of nitrogens with two attached hydrogens (primary N) is 1. The summed E-state index contributed by atoms with van der Waals surface area (Å²) in [4.78, 5) is 14.8. The molecule has 17 heavy (non-hydrogen) atoms. The Morgan fingerprint density at radius 2 is 2.29 bits per heavy atom. The summed E-state index contributed by atoms with van der Waals surface area (Å²) >= 11 is 1.02. The van der Waals surface area contributed by atoms with Crippen LogP contribution >= 0.6 is 11.5 Å². The Balaban J connectivity index is 2.32. The molecule has 88 valence electrons. The number of carbonyl (C=O) groups is 1. The van der Waals surface area contributed by atoms with Crippen molar-refractivity contribution in [1.29, 1.82) is 0 Å². The lowest BCUT2D eigenvalue weighted by atomic mass is 10.3. The summed E-state index contributed by atoms with van der Waals surface area (Å²) in [5.41, 5.74) is 4.47. The zero-order valence-corrected chi connectivity index (χ0v) is 9.30. The quantitative estimate of drug-likeness (QED) is 0.784. The van der Waals surface area contributed by atoms with E-state index in [4.69, 9.17) is 5.73 Å². The first-order valence-corrected chi connectivity index (χ1v) is 5.05. The lowest BCUT2D eigenvalue weighted by molar-refractivity contribution is 0.0992. The fourth-order valence-electron chi connectivity index (χ4n) is 0.948. The van der Waals surface area contributed by atoms with Gasteiger partial charge < -0.3 is 15.4 Å². The molecule has 0 unspecified atom stereocenters. The number of hydrogen-bond donors (Lipinski definition) is 2. The summed E-state index contributed by atoms with van der Waals surface area (Å²) in [6.07, 6.45) is 0. The van der Waals surface area contributed by atoms with Gasteiger partial charge in [0, 0.05) is 11.5 Å². The highest BCUT2D eigenvalue weighted by atomic mass is 32.1. The molecule has 2 heterocycles. The summed E-state index contributed by atoms with van der Waals surface area (Å²) in [6.45, 7) is 1.70. The molecule has 10 heteroatoms. The number of carbonyl (C=O) groups excluding carboxylic acids is 1. The molecular weight excluding hydrogens is 248 g/mol. The first-order chi connectivity index (χ1) is 8.08. The maximum atomic E-state index is 10.9. The molecule has 0 aromatic carbocycles. The van der Waals surface area contributed by atoms with Crippen LogP contribution in [0.4, 0.5) is 10.8 Å². The summed E-state index contributed by atoms with van der Waals surface area (Å²) in [7, 11) is 0. The van der Waals surface area contributed by atoms with Crippen LogP contribution in [0.3, 0.4) is 0 Å². The van der Waals surface area contributed by atoms with Gasteiger partial charge in [0.15, 0.2) is 0 Å². The molecular formula is C7H6N6O3S. The molecule has 2 aromatic heterocycles. The van der Waals surface area contributed by atoms with E-state index >= 15 is 0 Å². The van der Waals surface area contributed by atoms with Gasteiger partial charge in [-0.05, 0) is 6.92 Å². The van der Waals surface area contributed by atoms with Crippen LogP contribution in [0.15, 0.2) is 14.8 Å². The molecule has 0 saturated heterocycles. The molecule has 0 aliphatic heterocycles. The van der Waals surface area contributed by atoms with E-state index in [0.29, 0.717) is 5.82 Å². The van der Waals surface area contributed by atoms with E-state index in [0.717, 1.165) is 11.5 Å². The number of aromatic nitrogens is 3. The molecule has 2 rings (SSSR count). The van der Waals surface area contributed by atoms with Crippen molar-refractivity contribution in [2.45, 2.75) is 6.92 Å². The van der Waals surface area contributed by atoms with E-state index in [2.05, 4.69) is 29.3 Å². The molecule has 0 spiro atoms. The topological polar surface area (TPSA) is 140 Å². The van der Waals surface area contributed by atoms with Gasteiger partial charge in [-0.1, -0.05) is 5.16 Å². The minimum absolute atomic E-state index is 0.231. The van der Waals surface area contributed by atoms with Crippen LogP contribution in [-0.2, 0) is 0 Å². The Bertz CT molecular complexity index is 588. The number of aryl methyl sites for hydroxylation is 1. The zero-order chi connectivity index (χ0) is 12.4. The molecule has 3 N–H and O–H groups in total. The van der Waals surface area contributed by atoms with Gasteiger partial charge in [0.25, 0.3) is 5.91 Å². The van der Waals surface area contributed by atoms with Gasteiger partial charge in [-0.2, -0.15) is 4.37 Å². The third kappa shape index (κ3) is 2.25. The van der Waals surface area contributed by atoms with Gasteiger partial charge in [0.1, 0.15) is 5.82 Å². The number of primary amides is 1. The lowest BCUT2D eigenvalue weighted by Gasteiger charge is -1.87. The van der Waals surface area contributed by atoms with E-state index < -0.39 is 11.9 Å². The monoisotopic (exact) mass is 254 g/mol. The molecule has 0 saturated carbocycles. The van der Waals surface area contributed by atoms with Crippen molar-refractivity contribution in [2.75, 3.05) is 0 Å². The van der Waals surface area contributed by atoms with Crippen LogP contribution in [0.1, 0.15) is 16.3 Å². The number of azo groups is 1. The predicted molar refractivity (Wildman–Crippen MR) is 55.5 cm³/mol. The Labute approximate surface area is 98.1 Å². The van der Waals surface area contributed by atoms with Crippen LogP contribution in [0.2, 0.25) is 0 Å². The second-order valence-electron chi connectivity index (χ2n) is 2.87. The lowest BCUT2D eigenvalue weighted by Crippen LogP contribution is -2.11. The second kappa shape index (κ2) is 4.25. The third-order valence-electron chi connectivity index (χ3n) is 1.64. The number of hydrogen-bond acceptors (Lipinski definition) is 9. The first kappa shape index (κ1) is 11.1. The molecule has 2 aromatic rings. The second-order valence-corrected chi connectivity index (χ2v) is 3.60. The van der Waals surface area contributed by atoms with E-state index in [9.17, 15) is 9.90 Å². The fraction of sp³-hybridized carbons (Fsp3) is 0.143. The van der Waals surface area contributed by atoms with Crippen molar-refractivity contribution in [1.82, 2.24) is 14.5 Å². The standard InChI is InChI=1S/C7H6N6O3S/c1-2-9-7(17-13-2)11-10-4-3(5(8)14)12-16-6(4)15/h15H,1H3,(H2,8,14). The van der Waals surface area contributed by atoms with E-state index in [1.807, 2.05) is 0 Å². The summed E-state index contributed by atoms with van der Waals surface area (Å²) in [6, 6.07) is 0. The van der Waals surface area contributed by atoms with Gasteiger partial charge in [-0.3, -0.25) is 4.79 Å². The van der Waals surface area contributed by atoms with Crippen molar-refractivity contribution in [3.05, 3.63) is 11.5 Å². The average molecular weight is 254 g/mol. The number of nitrogens with zero attached hydrogens (tertiary/aromatic N) is 5. The average Bonchev–Trinajstić information content (AvgIpc) is 2.82. The first-order valence-electron chi connectivity index (χ1n) is 4.28. The third-order valence-corrected chi connectivity index (χ3v) is 2.33. The Kier molecular flexibility index (Phi) is 2.78. The molecule has 9 nitrogen and oxygen atoms in total. The molecule has 0 bridgehead atoms. The summed E-state index contributed by atoms with van der Waals surface area (Å²) in [5, 5.41) is 20.0. The van der Waals surface area contributed by atoms with Crippen LogP contribution in [0.5, 0.6) is 5.95 Å². The summed E-state index contributed by atoms with van der Waals surface area (Å²) < 4.78 is 8.25. The van der Waals surface area contributed by atoms with Gasteiger partial charge >= 0.3 is 5.95 Å². The largest absolute Gasteiger partial charge is 0.478 e. The van der Waals surface area contributed by atoms with Crippen LogP contribution in [0, 0.1) is 6.92 Å². The Morgan fingerprint density at radius 3 is 2.88 bits per heavy atom. The Morgan fingerprint density at radius 1 is 1.53 bits per heavy atom. The molecule has 0 radical (unpaired) electrons. The zero-order valence-electron chi connectivity index (χ0n) is 8.49. The minimum Gasteiger partial charge on any atom is -0.478 e. The van der Waals surface area contributed by atoms with Crippen molar-refractivity contribution >= 4 is 28.3 Å². The molecule has 0 aliphatic rings. The highest BCUT2D eigenvalue weighted by molar-refractivity contribution is 7.09. The van der Waals surface area contributed by atoms with Gasteiger partial charge in [-0.15, -0.1) is 10.2 Å². The van der Waals surface area contributed by atoms with Crippen molar-refractivity contribution in [3.8, 4) is 5.95 Å². The summed E-state index contributed by atoms with van der Waals surface area (Å²) in [5.74, 6) is -0.964. The fourth-order valence-corrected chi connectivity index (χ4v) is 1.45. The number of rotatable bonds is 3.